The molecule has 0 aliphatic heterocycles. The van der Waals surface area contributed by atoms with Crippen LogP contribution >= 0.6 is 23.4 Å². The standard InChI is InChI=1S/C20H18ClN3O3S/c1-2-3-18(26)22-16-10-6-13(7-11-16)17(25)12-28-20-24-23-19(27-20)14-4-8-15(21)9-5-14/h4-11H,2-3,12H2,1H3,(H,22,26). The zero-order valence-electron chi connectivity index (χ0n) is 15.1. The van der Waals surface area contributed by atoms with Crippen LogP contribution in [0.4, 0.5) is 5.69 Å². The second-order valence-electron chi connectivity index (χ2n) is 5.97. The van der Waals surface area contributed by atoms with Crippen molar-refractivity contribution in [1.82, 2.24) is 10.2 Å². The van der Waals surface area contributed by atoms with Gasteiger partial charge in [-0.2, -0.15) is 0 Å². The topological polar surface area (TPSA) is 85.1 Å². The van der Waals surface area contributed by atoms with E-state index in [0.29, 0.717) is 33.8 Å². The number of nitrogens with zero attached hydrogens (tertiary/aromatic N) is 2. The van der Waals surface area contributed by atoms with E-state index in [1.165, 1.54) is 11.8 Å². The van der Waals surface area contributed by atoms with Gasteiger partial charge in [0.15, 0.2) is 5.78 Å². The summed E-state index contributed by atoms with van der Waals surface area (Å²) in [5, 5.41) is 11.7. The molecule has 0 saturated heterocycles. The fourth-order valence-corrected chi connectivity index (χ4v) is 3.16. The van der Waals surface area contributed by atoms with Crippen LogP contribution in [-0.4, -0.2) is 27.6 Å². The third kappa shape index (κ3) is 5.43. The first-order valence-corrected chi connectivity index (χ1v) is 10.1. The number of aromatic nitrogens is 2. The van der Waals surface area contributed by atoms with Crippen molar-refractivity contribution in [2.24, 2.45) is 0 Å². The number of rotatable bonds is 8. The first-order chi connectivity index (χ1) is 13.5. The number of carbonyl (C=O) groups is 2. The first kappa shape index (κ1) is 20.1. The van der Waals surface area contributed by atoms with E-state index >= 15 is 0 Å². The number of thioether (sulfide) groups is 1. The number of ketones is 1. The Labute approximate surface area is 171 Å². The van der Waals surface area contributed by atoms with Crippen molar-refractivity contribution in [2.75, 3.05) is 11.1 Å². The van der Waals surface area contributed by atoms with Gasteiger partial charge in [0.05, 0.1) is 5.75 Å². The van der Waals surface area contributed by atoms with Crippen LogP contribution < -0.4 is 5.32 Å². The summed E-state index contributed by atoms with van der Waals surface area (Å²) in [6.45, 7) is 1.95. The molecule has 0 atom stereocenters. The van der Waals surface area contributed by atoms with Gasteiger partial charge in [-0.1, -0.05) is 30.3 Å². The molecule has 0 spiro atoms. The SMILES string of the molecule is CCCC(=O)Nc1ccc(C(=O)CSc2nnc(-c3ccc(Cl)cc3)o2)cc1. The largest absolute Gasteiger partial charge is 0.411 e. The Balaban J connectivity index is 1.55. The molecule has 1 N–H and O–H groups in total. The molecule has 144 valence electrons. The molecule has 0 fully saturated rings. The molecule has 1 heterocycles. The minimum absolute atomic E-state index is 0.0370. The molecule has 3 aromatic rings. The summed E-state index contributed by atoms with van der Waals surface area (Å²) in [7, 11) is 0. The maximum absolute atomic E-state index is 12.4. The third-order valence-corrected chi connectivity index (χ3v) is 4.86. The van der Waals surface area contributed by atoms with Crippen LogP contribution in [0.5, 0.6) is 0 Å². The number of carbonyl (C=O) groups excluding carboxylic acids is 2. The van der Waals surface area contributed by atoms with E-state index in [4.69, 9.17) is 16.0 Å². The summed E-state index contributed by atoms with van der Waals surface area (Å²) in [5.74, 6) is 0.440. The van der Waals surface area contributed by atoms with E-state index in [1.807, 2.05) is 6.92 Å². The van der Waals surface area contributed by atoms with E-state index in [1.54, 1.807) is 48.5 Å². The maximum atomic E-state index is 12.4. The summed E-state index contributed by atoms with van der Waals surface area (Å²) in [6, 6.07) is 13.9. The van der Waals surface area contributed by atoms with Crippen LogP contribution in [0.2, 0.25) is 5.02 Å². The highest BCUT2D eigenvalue weighted by Gasteiger charge is 2.13. The molecule has 0 aliphatic rings. The number of hydrogen-bond donors (Lipinski definition) is 1. The zero-order valence-corrected chi connectivity index (χ0v) is 16.7. The van der Waals surface area contributed by atoms with Crippen molar-refractivity contribution < 1.29 is 14.0 Å². The molecule has 6 nitrogen and oxygen atoms in total. The Morgan fingerprint density at radius 1 is 1.07 bits per heavy atom. The van der Waals surface area contributed by atoms with Crippen LogP contribution in [-0.2, 0) is 4.79 Å². The average molecular weight is 416 g/mol. The Hall–Kier alpha value is -2.64. The lowest BCUT2D eigenvalue weighted by Crippen LogP contribution is -2.10. The Morgan fingerprint density at radius 3 is 2.46 bits per heavy atom. The predicted molar refractivity (Wildman–Crippen MR) is 110 cm³/mol. The molecule has 2 aromatic carbocycles. The van der Waals surface area contributed by atoms with Gasteiger partial charge in [0.25, 0.3) is 5.22 Å². The number of nitrogens with one attached hydrogen (secondary N) is 1. The molecule has 0 saturated carbocycles. The number of hydrogen-bond acceptors (Lipinski definition) is 6. The second-order valence-corrected chi connectivity index (χ2v) is 7.33. The molecule has 28 heavy (non-hydrogen) atoms. The molecule has 1 aromatic heterocycles. The van der Waals surface area contributed by atoms with Gasteiger partial charge >= 0.3 is 0 Å². The van der Waals surface area contributed by atoms with Crippen molar-refractivity contribution in [3.8, 4) is 11.5 Å². The van der Waals surface area contributed by atoms with E-state index in [-0.39, 0.29) is 17.4 Å². The Kier molecular flexibility index (Phi) is 6.84. The summed E-state index contributed by atoms with van der Waals surface area (Å²) in [4.78, 5) is 24.0. The van der Waals surface area contributed by atoms with Crippen molar-refractivity contribution in [1.29, 1.82) is 0 Å². The molecule has 0 aliphatic carbocycles. The van der Waals surface area contributed by atoms with Crippen LogP contribution in [0.1, 0.15) is 30.1 Å². The summed E-state index contributed by atoms with van der Waals surface area (Å²) in [5.41, 5.74) is 1.99. The van der Waals surface area contributed by atoms with Crippen LogP contribution in [0.3, 0.4) is 0 Å². The molecule has 1 amide bonds. The number of amides is 1. The molecular formula is C20H18ClN3O3S. The van der Waals surface area contributed by atoms with Crippen LogP contribution in [0.15, 0.2) is 58.2 Å². The molecule has 0 bridgehead atoms. The number of Topliss-reactive ketones (excluding diaryl/α,β-unsaturated/α-hetero) is 1. The van der Waals surface area contributed by atoms with Crippen molar-refractivity contribution in [3.05, 3.63) is 59.1 Å². The monoisotopic (exact) mass is 415 g/mol. The van der Waals surface area contributed by atoms with E-state index < -0.39 is 0 Å². The van der Waals surface area contributed by atoms with Crippen LogP contribution in [0.25, 0.3) is 11.5 Å². The molecule has 0 radical (unpaired) electrons. The fraction of sp³-hybridized carbons (Fsp3) is 0.200. The lowest BCUT2D eigenvalue weighted by molar-refractivity contribution is -0.116. The minimum atomic E-state index is -0.0670. The molecule has 3 rings (SSSR count). The number of anilines is 1. The highest BCUT2D eigenvalue weighted by atomic mass is 35.5. The van der Waals surface area contributed by atoms with E-state index in [2.05, 4.69) is 15.5 Å². The highest BCUT2D eigenvalue weighted by molar-refractivity contribution is 7.99. The Bertz CT molecular complexity index is 956. The quantitative estimate of drug-likeness (QED) is 0.406. The van der Waals surface area contributed by atoms with E-state index in [9.17, 15) is 9.59 Å². The summed E-state index contributed by atoms with van der Waals surface area (Å²) < 4.78 is 5.58. The number of halogens is 1. The van der Waals surface area contributed by atoms with Gasteiger partial charge in [0, 0.05) is 28.3 Å². The van der Waals surface area contributed by atoms with Crippen LogP contribution in [0, 0.1) is 0 Å². The molecular weight excluding hydrogens is 398 g/mol. The third-order valence-electron chi connectivity index (χ3n) is 3.79. The summed E-state index contributed by atoms with van der Waals surface area (Å²) in [6.07, 6.45) is 1.26. The van der Waals surface area contributed by atoms with Crippen molar-refractivity contribution in [3.63, 3.8) is 0 Å². The van der Waals surface area contributed by atoms with Gasteiger partial charge in [-0.15, -0.1) is 10.2 Å². The normalized spacial score (nSPS) is 10.6. The molecule has 8 heteroatoms. The van der Waals surface area contributed by atoms with Gasteiger partial charge in [0.2, 0.25) is 11.8 Å². The average Bonchev–Trinajstić information content (AvgIpc) is 3.16. The summed E-state index contributed by atoms with van der Waals surface area (Å²) >= 11 is 7.04. The zero-order chi connectivity index (χ0) is 19.9. The number of benzene rings is 2. The van der Waals surface area contributed by atoms with Gasteiger partial charge in [-0.25, -0.2) is 0 Å². The smallest absolute Gasteiger partial charge is 0.277 e. The fourth-order valence-electron chi connectivity index (χ4n) is 2.38. The van der Waals surface area contributed by atoms with Crippen molar-refractivity contribution in [2.45, 2.75) is 25.0 Å². The van der Waals surface area contributed by atoms with Gasteiger partial charge in [-0.3, -0.25) is 9.59 Å². The van der Waals surface area contributed by atoms with Gasteiger partial charge in [-0.05, 0) is 55.0 Å². The highest BCUT2D eigenvalue weighted by Crippen LogP contribution is 2.25. The maximum Gasteiger partial charge on any atom is 0.277 e. The molecule has 0 unspecified atom stereocenters. The van der Waals surface area contributed by atoms with E-state index in [0.717, 1.165) is 12.0 Å². The Morgan fingerprint density at radius 2 is 1.79 bits per heavy atom. The second kappa shape index (κ2) is 9.52. The van der Waals surface area contributed by atoms with Gasteiger partial charge in [0.1, 0.15) is 0 Å². The first-order valence-electron chi connectivity index (χ1n) is 8.70. The lowest BCUT2D eigenvalue weighted by Gasteiger charge is -2.05. The van der Waals surface area contributed by atoms with Crippen molar-refractivity contribution >= 4 is 40.7 Å². The van der Waals surface area contributed by atoms with Gasteiger partial charge < -0.3 is 9.73 Å². The predicted octanol–water partition coefficient (Wildman–Crippen LogP) is 5.10. The minimum Gasteiger partial charge on any atom is -0.411 e. The lowest BCUT2D eigenvalue weighted by atomic mass is 10.1.